The van der Waals surface area contributed by atoms with E-state index < -0.39 is 5.82 Å². The first-order valence-electron chi connectivity index (χ1n) is 10.2. The van der Waals surface area contributed by atoms with Crippen LogP contribution >= 0.6 is 0 Å². The summed E-state index contributed by atoms with van der Waals surface area (Å²) in [4.78, 5) is 24.2. The zero-order valence-electron chi connectivity index (χ0n) is 17.1. The number of hydrogen-bond donors (Lipinski definition) is 0. The second-order valence-corrected chi connectivity index (χ2v) is 7.79. The number of carbonyl (C=O) groups is 2. The number of benzene rings is 2. The second kappa shape index (κ2) is 9.68. The van der Waals surface area contributed by atoms with Crippen molar-refractivity contribution in [2.45, 2.75) is 52.2 Å². The summed E-state index contributed by atoms with van der Waals surface area (Å²) in [6, 6.07) is 12.9. The molecule has 2 aliphatic rings. The lowest BCUT2D eigenvalue weighted by atomic mass is 9.87. The molecule has 5 heteroatoms. The van der Waals surface area contributed by atoms with Crippen molar-refractivity contribution < 1.29 is 18.7 Å². The van der Waals surface area contributed by atoms with Crippen molar-refractivity contribution >= 4 is 11.7 Å². The number of amides is 1. The van der Waals surface area contributed by atoms with E-state index >= 15 is 0 Å². The molecule has 0 bridgehead atoms. The summed E-state index contributed by atoms with van der Waals surface area (Å²) in [5, 5.41) is 0. The smallest absolute Gasteiger partial charge is 0.257 e. The van der Waals surface area contributed by atoms with Gasteiger partial charge in [0, 0.05) is 19.5 Å². The third-order valence-corrected chi connectivity index (χ3v) is 5.58. The summed E-state index contributed by atoms with van der Waals surface area (Å²) in [5.41, 5.74) is 1.80. The van der Waals surface area contributed by atoms with E-state index in [0.29, 0.717) is 23.8 Å². The van der Waals surface area contributed by atoms with E-state index in [1.165, 1.54) is 24.2 Å². The number of halogens is 1. The number of carbonyl (C=O) groups excluding carboxylic acids is 2. The normalized spacial score (nSPS) is 16.1. The number of ether oxygens (including phenoxy) is 1. The van der Waals surface area contributed by atoms with Crippen LogP contribution in [0.25, 0.3) is 0 Å². The molecule has 0 radical (unpaired) electrons. The fourth-order valence-electron chi connectivity index (χ4n) is 3.83. The molecule has 4 nitrogen and oxygen atoms in total. The number of nitrogens with zero attached hydrogens (tertiary/aromatic N) is 1. The molecule has 1 aliphatic heterocycles. The van der Waals surface area contributed by atoms with E-state index in [1.807, 2.05) is 30.3 Å². The third-order valence-electron chi connectivity index (χ3n) is 5.58. The van der Waals surface area contributed by atoms with Crippen molar-refractivity contribution in [1.82, 2.24) is 4.90 Å². The Labute approximate surface area is 171 Å². The van der Waals surface area contributed by atoms with Gasteiger partial charge in [0.1, 0.15) is 12.4 Å². The molecule has 1 saturated carbocycles. The predicted molar refractivity (Wildman–Crippen MR) is 110 cm³/mol. The van der Waals surface area contributed by atoms with Crippen LogP contribution in [-0.4, -0.2) is 23.6 Å². The Balaban J connectivity index is 0.000000224. The van der Waals surface area contributed by atoms with E-state index in [1.54, 1.807) is 26.1 Å². The molecule has 0 spiro atoms. The van der Waals surface area contributed by atoms with Gasteiger partial charge in [0.15, 0.2) is 11.6 Å². The maximum atomic E-state index is 14.3. The molecule has 0 atom stereocenters. The molecule has 1 heterocycles. The van der Waals surface area contributed by atoms with E-state index in [9.17, 15) is 14.0 Å². The van der Waals surface area contributed by atoms with Crippen LogP contribution in [0.4, 0.5) is 4.39 Å². The molecule has 0 saturated heterocycles. The predicted octanol–water partition coefficient (Wildman–Crippen LogP) is 5.15. The zero-order valence-corrected chi connectivity index (χ0v) is 17.1. The molecule has 154 valence electrons. The summed E-state index contributed by atoms with van der Waals surface area (Å²) >= 11 is 0. The zero-order chi connectivity index (χ0) is 20.8. The molecule has 1 amide bonds. The minimum absolute atomic E-state index is 0.122. The Morgan fingerprint density at radius 1 is 1.10 bits per heavy atom. The topological polar surface area (TPSA) is 46.6 Å². The van der Waals surface area contributed by atoms with Crippen molar-refractivity contribution in [3.05, 3.63) is 65.0 Å². The van der Waals surface area contributed by atoms with Crippen LogP contribution in [0.1, 0.15) is 60.5 Å². The number of hydrogen-bond acceptors (Lipinski definition) is 3. The fourth-order valence-corrected chi connectivity index (χ4v) is 3.83. The van der Waals surface area contributed by atoms with Gasteiger partial charge in [-0.3, -0.25) is 9.59 Å². The Morgan fingerprint density at radius 3 is 2.41 bits per heavy atom. The van der Waals surface area contributed by atoms with Crippen LogP contribution in [0, 0.1) is 11.7 Å². The van der Waals surface area contributed by atoms with Crippen LogP contribution in [0.2, 0.25) is 0 Å². The minimum atomic E-state index is -0.562. The van der Waals surface area contributed by atoms with Gasteiger partial charge in [0.2, 0.25) is 0 Å². The second-order valence-electron chi connectivity index (χ2n) is 7.79. The third kappa shape index (κ3) is 5.22. The lowest BCUT2D eigenvalue weighted by molar-refractivity contribution is -0.121. The molecule has 0 N–H and O–H groups in total. The van der Waals surface area contributed by atoms with Crippen molar-refractivity contribution in [3.8, 4) is 5.75 Å². The Bertz CT molecular complexity index is 860. The maximum absolute atomic E-state index is 14.3. The van der Waals surface area contributed by atoms with Gasteiger partial charge in [0.05, 0.1) is 5.56 Å². The first-order valence-corrected chi connectivity index (χ1v) is 10.2. The highest BCUT2D eigenvalue weighted by molar-refractivity contribution is 5.98. The quantitative estimate of drug-likeness (QED) is 0.717. The number of fused-ring (bicyclic) bond motifs is 1. The number of ketones is 1. The monoisotopic (exact) mass is 397 g/mol. The van der Waals surface area contributed by atoms with Crippen molar-refractivity contribution in [1.29, 1.82) is 0 Å². The van der Waals surface area contributed by atoms with Crippen LogP contribution < -0.4 is 4.74 Å². The van der Waals surface area contributed by atoms with Gasteiger partial charge in [0.25, 0.3) is 5.91 Å². The molecule has 2 aromatic carbocycles. The fraction of sp³-hybridized carbons (Fsp3) is 0.417. The van der Waals surface area contributed by atoms with Gasteiger partial charge in [-0.25, -0.2) is 4.39 Å². The Kier molecular flexibility index (Phi) is 7.02. The first-order chi connectivity index (χ1) is 14.0. The number of rotatable bonds is 4. The van der Waals surface area contributed by atoms with Crippen molar-refractivity contribution in [3.63, 3.8) is 0 Å². The molecule has 0 unspecified atom stereocenters. The van der Waals surface area contributed by atoms with Crippen LogP contribution in [-0.2, 0) is 17.9 Å². The minimum Gasteiger partial charge on any atom is -0.486 e. The highest BCUT2D eigenvalue weighted by Crippen LogP contribution is 2.30. The summed E-state index contributed by atoms with van der Waals surface area (Å²) in [7, 11) is 1.66. The molecular weight excluding hydrogens is 369 g/mol. The average Bonchev–Trinajstić information content (AvgIpc) is 3.04. The lowest BCUT2D eigenvalue weighted by Crippen LogP contribution is -2.18. The van der Waals surface area contributed by atoms with E-state index in [0.717, 1.165) is 18.4 Å². The van der Waals surface area contributed by atoms with E-state index in [4.69, 9.17) is 4.74 Å². The van der Waals surface area contributed by atoms with Crippen molar-refractivity contribution in [2.24, 2.45) is 5.92 Å². The van der Waals surface area contributed by atoms with Crippen LogP contribution in [0.5, 0.6) is 5.75 Å². The van der Waals surface area contributed by atoms with E-state index in [-0.39, 0.29) is 23.8 Å². The Morgan fingerprint density at radius 2 is 1.79 bits per heavy atom. The highest BCUT2D eigenvalue weighted by Gasteiger charge is 2.29. The van der Waals surface area contributed by atoms with Gasteiger partial charge in [-0.05, 0) is 37.0 Å². The number of Topliss-reactive ketones (excluding diaryl/α,β-unsaturated/α-hetero) is 1. The van der Waals surface area contributed by atoms with Crippen LogP contribution in [0.3, 0.4) is 0 Å². The highest BCUT2D eigenvalue weighted by atomic mass is 19.1. The summed E-state index contributed by atoms with van der Waals surface area (Å²) in [6.07, 6.45) is 6.17. The molecule has 4 rings (SSSR count). The average molecular weight is 397 g/mol. The van der Waals surface area contributed by atoms with Gasteiger partial charge in [-0.2, -0.15) is 0 Å². The molecule has 0 aromatic heterocycles. The SMILES string of the molecule is CC(=O)C1CCCCC1.CN1Cc2ccc(OCc3ccccc3)c(F)c2C1=O. The molecule has 29 heavy (non-hydrogen) atoms. The molecule has 2 aromatic rings. The van der Waals surface area contributed by atoms with Gasteiger partial charge < -0.3 is 9.64 Å². The Hall–Kier alpha value is -2.69. The van der Waals surface area contributed by atoms with Crippen molar-refractivity contribution in [2.75, 3.05) is 7.05 Å². The van der Waals surface area contributed by atoms with Gasteiger partial charge in [-0.15, -0.1) is 0 Å². The summed E-state index contributed by atoms with van der Waals surface area (Å²) in [6.45, 7) is 2.45. The van der Waals surface area contributed by atoms with Gasteiger partial charge in [-0.1, -0.05) is 55.7 Å². The maximum Gasteiger partial charge on any atom is 0.257 e. The van der Waals surface area contributed by atoms with Crippen LogP contribution in [0.15, 0.2) is 42.5 Å². The van der Waals surface area contributed by atoms with Gasteiger partial charge >= 0.3 is 0 Å². The standard InChI is InChI=1S/C16H14FNO2.C8H14O/c1-18-9-12-7-8-13(15(17)14(12)16(18)19)20-10-11-5-3-2-4-6-11;1-7(9)8-5-3-2-4-6-8/h2-8H,9-10H2,1H3;8H,2-6H2,1H3. The molecule has 1 fully saturated rings. The lowest BCUT2D eigenvalue weighted by Gasteiger charge is -2.17. The summed E-state index contributed by atoms with van der Waals surface area (Å²) in [5.74, 6) is 0.0835. The first kappa shape index (κ1) is 21.0. The molecular formula is C24H28FNO3. The molecule has 1 aliphatic carbocycles. The van der Waals surface area contributed by atoms with E-state index in [2.05, 4.69) is 0 Å². The summed E-state index contributed by atoms with van der Waals surface area (Å²) < 4.78 is 19.8. The largest absolute Gasteiger partial charge is 0.486 e.